The lowest BCUT2D eigenvalue weighted by Crippen LogP contribution is -2.45. The zero-order chi connectivity index (χ0) is 34.0. The molecule has 3 atom stereocenters. The van der Waals surface area contributed by atoms with Crippen LogP contribution in [0.25, 0.3) is 0 Å². The Labute approximate surface area is 282 Å². The van der Waals surface area contributed by atoms with E-state index in [4.69, 9.17) is 14.8 Å². The molecule has 8 nitrogen and oxygen atoms in total. The van der Waals surface area contributed by atoms with Crippen molar-refractivity contribution in [3.63, 3.8) is 0 Å². The highest BCUT2D eigenvalue weighted by Crippen LogP contribution is 2.43. The summed E-state index contributed by atoms with van der Waals surface area (Å²) in [5, 5.41) is 13.5. The quantitative estimate of drug-likeness (QED) is 0.0305. The number of allylic oxidation sites excluding steroid dienone is 5. The molecule has 0 rings (SSSR count). The molecule has 0 aromatic rings. The van der Waals surface area contributed by atoms with Crippen molar-refractivity contribution in [1.29, 1.82) is 0 Å². The fourth-order valence-electron chi connectivity index (χ4n) is 5.08. The Kier molecular flexibility index (Phi) is 32.7. The summed E-state index contributed by atoms with van der Waals surface area (Å²) in [6.45, 7) is 4.03. The second-order valence-electron chi connectivity index (χ2n) is 12.4. The van der Waals surface area contributed by atoms with Crippen molar-refractivity contribution in [3.8, 4) is 0 Å². The van der Waals surface area contributed by atoms with Gasteiger partial charge in [0.05, 0.1) is 25.4 Å². The van der Waals surface area contributed by atoms with Gasteiger partial charge in [0.25, 0.3) is 0 Å². The van der Waals surface area contributed by atoms with E-state index in [9.17, 15) is 19.4 Å². The normalized spacial score (nSPS) is 14.8. The lowest BCUT2D eigenvalue weighted by Gasteiger charge is -2.23. The SMILES string of the molecule is CCCCC/C=C/CC/C=C/C(O)C(COP(=O)(O)OCCN)NC(=O)CCCCCCCCC/C=C\CCCCCCCCC. The lowest BCUT2D eigenvalue weighted by molar-refractivity contribution is -0.123. The summed E-state index contributed by atoms with van der Waals surface area (Å²) in [4.78, 5) is 22.5. The van der Waals surface area contributed by atoms with Crippen molar-refractivity contribution >= 4 is 13.7 Å². The van der Waals surface area contributed by atoms with Crippen LogP contribution in [-0.4, -0.2) is 47.8 Å². The van der Waals surface area contributed by atoms with Gasteiger partial charge < -0.3 is 21.1 Å². The van der Waals surface area contributed by atoms with E-state index in [0.717, 1.165) is 38.5 Å². The Morgan fingerprint density at radius 3 is 1.72 bits per heavy atom. The topological polar surface area (TPSA) is 131 Å². The highest BCUT2D eigenvalue weighted by molar-refractivity contribution is 7.47. The molecule has 5 N–H and O–H groups in total. The summed E-state index contributed by atoms with van der Waals surface area (Å²) >= 11 is 0. The zero-order valence-corrected chi connectivity index (χ0v) is 30.4. The maximum Gasteiger partial charge on any atom is 0.472 e. The van der Waals surface area contributed by atoms with Crippen LogP contribution in [0.2, 0.25) is 0 Å². The standard InChI is InChI=1S/C37H71N2O6P/c1-3-5-7-9-11-13-14-15-16-17-18-19-20-21-23-25-27-29-31-37(41)39-35(34-45-46(42,43)44-33-32-38)36(40)30-28-26-24-22-12-10-8-6-4-2/h12,16-17,22,28,30,35-36,40H,3-11,13-15,18-21,23-27,29,31-34,38H2,1-2H3,(H,39,41)(H,42,43)/b17-16-,22-12+,30-28+. The minimum Gasteiger partial charge on any atom is -0.387 e. The van der Waals surface area contributed by atoms with Crippen LogP contribution in [-0.2, 0) is 18.4 Å². The molecule has 0 bridgehead atoms. The van der Waals surface area contributed by atoms with Gasteiger partial charge in [-0.3, -0.25) is 13.8 Å². The molecule has 0 aliphatic rings. The van der Waals surface area contributed by atoms with Crippen LogP contribution in [0.5, 0.6) is 0 Å². The van der Waals surface area contributed by atoms with Gasteiger partial charge in [-0.25, -0.2) is 4.57 Å². The molecule has 270 valence electrons. The van der Waals surface area contributed by atoms with E-state index < -0.39 is 20.0 Å². The molecule has 0 fully saturated rings. The van der Waals surface area contributed by atoms with Gasteiger partial charge in [-0.05, 0) is 57.8 Å². The molecular formula is C37H71N2O6P. The van der Waals surface area contributed by atoms with Crippen molar-refractivity contribution in [2.75, 3.05) is 19.8 Å². The zero-order valence-electron chi connectivity index (χ0n) is 29.6. The van der Waals surface area contributed by atoms with E-state index in [2.05, 4.69) is 43.5 Å². The molecule has 1 amide bonds. The Balaban J connectivity index is 4.25. The predicted molar refractivity (Wildman–Crippen MR) is 194 cm³/mol. The third-order valence-electron chi connectivity index (χ3n) is 7.94. The highest BCUT2D eigenvalue weighted by Gasteiger charge is 2.26. The fourth-order valence-corrected chi connectivity index (χ4v) is 5.84. The van der Waals surface area contributed by atoms with Crippen molar-refractivity contribution in [1.82, 2.24) is 5.32 Å². The Morgan fingerprint density at radius 1 is 0.696 bits per heavy atom. The van der Waals surface area contributed by atoms with Crippen molar-refractivity contribution < 1.29 is 28.4 Å². The largest absolute Gasteiger partial charge is 0.472 e. The van der Waals surface area contributed by atoms with E-state index in [-0.39, 0.29) is 25.7 Å². The van der Waals surface area contributed by atoms with E-state index in [1.807, 2.05) is 6.08 Å². The van der Waals surface area contributed by atoms with E-state index in [1.165, 1.54) is 103 Å². The number of unbranched alkanes of at least 4 members (excludes halogenated alkanes) is 18. The first-order valence-electron chi connectivity index (χ1n) is 18.6. The van der Waals surface area contributed by atoms with Crippen LogP contribution < -0.4 is 11.1 Å². The number of amides is 1. The molecule has 3 unspecified atom stereocenters. The minimum absolute atomic E-state index is 0.0727. The number of phosphoric acid groups is 1. The Bertz CT molecular complexity index is 820. The summed E-state index contributed by atoms with van der Waals surface area (Å²) < 4.78 is 21.9. The van der Waals surface area contributed by atoms with Gasteiger partial charge >= 0.3 is 7.82 Å². The summed E-state index contributed by atoms with van der Waals surface area (Å²) in [7, 11) is -4.33. The van der Waals surface area contributed by atoms with Crippen LogP contribution in [0.1, 0.15) is 162 Å². The number of nitrogens with one attached hydrogen (secondary N) is 1. The average molecular weight is 671 g/mol. The van der Waals surface area contributed by atoms with Crippen molar-refractivity contribution in [3.05, 3.63) is 36.5 Å². The van der Waals surface area contributed by atoms with Crippen LogP contribution in [0.3, 0.4) is 0 Å². The van der Waals surface area contributed by atoms with Gasteiger partial charge in [0.1, 0.15) is 0 Å². The molecular weight excluding hydrogens is 599 g/mol. The molecule has 0 heterocycles. The van der Waals surface area contributed by atoms with Crippen molar-refractivity contribution in [2.45, 2.75) is 174 Å². The molecule has 9 heteroatoms. The Hall–Kier alpha value is -1.28. The molecule has 0 aliphatic carbocycles. The van der Waals surface area contributed by atoms with Gasteiger partial charge in [-0.1, -0.05) is 134 Å². The second kappa shape index (κ2) is 33.6. The second-order valence-corrected chi connectivity index (χ2v) is 13.9. The first-order valence-corrected chi connectivity index (χ1v) is 20.1. The number of hydrogen-bond acceptors (Lipinski definition) is 6. The number of aliphatic hydroxyl groups is 1. The minimum atomic E-state index is -4.33. The molecule has 0 aromatic heterocycles. The number of carbonyl (C=O) groups excluding carboxylic acids is 1. The van der Waals surface area contributed by atoms with Crippen LogP contribution in [0.4, 0.5) is 0 Å². The van der Waals surface area contributed by atoms with Gasteiger partial charge in [0, 0.05) is 13.0 Å². The maximum atomic E-state index is 12.7. The molecule has 0 aromatic carbocycles. The molecule has 0 spiro atoms. The van der Waals surface area contributed by atoms with Crippen LogP contribution in [0.15, 0.2) is 36.5 Å². The first kappa shape index (κ1) is 44.7. The van der Waals surface area contributed by atoms with E-state index in [1.54, 1.807) is 6.08 Å². The number of nitrogens with two attached hydrogens (primary N) is 1. The number of phosphoric ester groups is 1. The monoisotopic (exact) mass is 671 g/mol. The Morgan fingerprint density at radius 2 is 1.15 bits per heavy atom. The third kappa shape index (κ3) is 31.3. The summed E-state index contributed by atoms with van der Waals surface area (Å²) in [6.07, 6.45) is 37.7. The number of rotatable bonds is 34. The molecule has 0 radical (unpaired) electrons. The van der Waals surface area contributed by atoms with Crippen molar-refractivity contribution in [2.24, 2.45) is 5.73 Å². The van der Waals surface area contributed by atoms with Gasteiger partial charge in [0.15, 0.2) is 0 Å². The first-order chi connectivity index (χ1) is 22.4. The fraction of sp³-hybridized carbons (Fsp3) is 0.811. The molecule has 0 saturated heterocycles. The third-order valence-corrected chi connectivity index (χ3v) is 8.92. The van der Waals surface area contributed by atoms with Gasteiger partial charge in [-0.2, -0.15) is 0 Å². The van der Waals surface area contributed by atoms with Gasteiger partial charge in [0.2, 0.25) is 5.91 Å². The lowest BCUT2D eigenvalue weighted by atomic mass is 10.1. The predicted octanol–water partition coefficient (Wildman–Crippen LogP) is 9.61. The highest BCUT2D eigenvalue weighted by atomic mass is 31.2. The molecule has 0 saturated carbocycles. The number of hydrogen-bond donors (Lipinski definition) is 4. The molecule has 0 aliphatic heterocycles. The van der Waals surface area contributed by atoms with Gasteiger partial charge in [-0.15, -0.1) is 0 Å². The van der Waals surface area contributed by atoms with Crippen LogP contribution >= 0.6 is 7.82 Å². The smallest absolute Gasteiger partial charge is 0.387 e. The number of carbonyl (C=O) groups is 1. The molecule has 46 heavy (non-hydrogen) atoms. The maximum absolute atomic E-state index is 12.7. The summed E-state index contributed by atoms with van der Waals surface area (Å²) in [6, 6.07) is -0.875. The number of aliphatic hydroxyl groups excluding tert-OH is 1. The summed E-state index contributed by atoms with van der Waals surface area (Å²) in [5.41, 5.74) is 5.34. The average Bonchev–Trinajstić information content (AvgIpc) is 3.04. The van der Waals surface area contributed by atoms with E-state index >= 15 is 0 Å². The van der Waals surface area contributed by atoms with E-state index in [0.29, 0.717) is 6.42 Å². The summed E-state index contributed by atoms with van der Waals surface area (Å²) in [5.74, 6) is -0.213. The van der Waals surface area contributed by atoms with Crippen LogP contribution in [0, 0.1) is 0 Å².